The number of hydrogen-bond acceptors (Lipinski definition) is 2. The quantitative estimate of drug-likeness (QED) is 0.689. The van der Waals surface area contributed by atoms with Gasteiger partial charge in [-0.15, -0.1) is 5.75 Å². The molecule has 0 atom stereocenters. The number of hydrogen-bond donors (Lipinski definition) is 1. The SMILES string of the molecule is Cc1ccc([O-])cc1C=CC(=O)O. The van der Waals surface area contributed by atoms with Crippen LogP contribution in [0.15, 0.2) is 24.3 Å². The lowest BCUT2D eigenvalue weighted by Crippen LogP contribution is -1.92. The number of benzene rings is 1. The lowest BCUT2D eigenvalue weighted by atomic mass is 10.1. The fourth-order valence-corrected chi connectivity index (χ4v) is 0.959. The Balaban J connectivity index is 3.00. The number of carboxylic acids is 1. The molecular weight excluding hydrogens is 168 g/mol. The fourth-order valence-electron chi connectivity index (χ4n) is 0.959. The number of aliphatic carboxylic acids is 1. The maximum Gasteiger partial charge on any atom is 0.328 e. The third-order valence-electron chi connectivity index (χ3n) is 1.66. The molecule has 1 aromatic rings. The third kappa shape index (κ3) is 2.63. The number of carbonyl (C=O) groups is 1. The molecule has 0 heterocycles. The zero-order valence-electron chi connectivity index (χ0n) is 7.15. The Morgan fingerprint density at radius 3 is 2.85 bits per heavy atom. The molecule has 3 heteroatoms. The van der Waals surface area contributed by atoms with Gasteiger partial charge in [-0.05, 0) is 24.1 Å². The first-order chi connectivity index (χ1) is 6.09. The van der Waals surface area contributed by atoms with Crippen molar-refractivity contribution in [2.24, 2.45) is 0 Å². The Morgan fingerprint density at radius 1 is 1.54 bits per heavy atom. The van der Waals surface area contributed by atoms with Crippen LogP contribution in [-0.2, 0) is 4.79 Å². The van der Waals surface area contributed by atoms with Crippen LogP contribution in [0.1, 0.15) is 11.1 Å². The van der Waals surface area contributed by atoms with Crippen LogP contribution in [-0.4, -0.2) is 11.1 Å². The Bertz CT molecular complexity index is 353. The van der Waals surface area contributed by atoms with Gasteiger partial charge >= 0.3 is 5.97 Å². The van der Waals surface area contributed by atoms with Crippen LogP contribution in [0.2, 0.25) is 0 Å². The average molecular weight is 177 g/mol. The summed E-state index contributed by atoms with van der Waals surface area (Å²) in [4.78, 5) is 10.2. The molecule has 68 valence electrons. The minimum atomic E-state index is -1.02. The van der Waals surface area contributed by atoms with Crippen LogP contribution >= 0.6 is 0 Å². The molecule has 0 aliphatic heterocycles. The van der Waals surface area contributed by atoms with Crippen molar-refractivity contribution >= 4 is 12.0 Å². The zero-order chi connectivity index (χ0) is 9.84. The van der Waals surface area contributed by atoms with Crippen molar-refractivity contribution in [2.45, 2.75) is 6.92 Å². The van der Waals surface area contributed by atoms with E-state index < -0.39 is 5.97 Å². The molecule has 0 bridgehead atoms. The second-order valence-electron chi connectivity index (χ2n) is 2.69. The van der Waals surface area contributed by atoms with E-state index in [0.717, 1.165) is 11.6 Å². The monoisotopic (exact) mass is 177 g/mol. The van der Waals surface area contributed by atoms with E-state index in [1.165, 1.54) is 18.2 Å². The van der Waals surface area contributed by atoms with Gasteiger partial charge in [0.15, 0.2) is 0 Å². The molecule has 0 aliphatic carbocycles. The molecule has 3 nitrogen and oxygen atoms in total. The van der Waals surface area contributed by atoms with Gasteiger partial charge in [0.25, 0.3) is 0 Å². The van der Waals surface area contributed by atoms with E-state index in [1.54, 1.807) is 6.07 Å². The Kier molecular flexibility index (Phi) is 2.69. The minimum Gasteiger partial charge on any atom is -0.872 e. The van der Waals surface area contributed by atoms with E-state index in [1.807, 2.05) is 6.92 Å². The highest BCUT2D eigenvalue weighted by atomic mass is 16.4. The van der Waals surface area contributed by atoms with Crippen molar-refractivity contribution < 1.29 is 15.0 Å². The topological polar surface area (TPSA) is 60.4 Å². The number of rotatable bonds is 2. The molecule has 1 N–H and O–H groups in total. The summed E-state index contributed by atoms with van der Waals surface area (Å²) >= 11 is 0. The van der Waals surface area contributed by atoms with Crippen molar-refractivity contribution in [1.29, 1.82) is 0 Å². The van der Waals surface area contributed by atoms with Crippen molar-refractivity contribution in [2.75, 3.05) is 0 Å². The van der Waals surface area contributed by atoms with Crippen LogP contribution in [0.5, 0.6) is 5.75 Å². The molecule has 0 unspecified atom stereocenters. The third-order valence-corrected chi connectivity index (χ3v) is 1.66. The van der Waals surface area contributed by atoms with E-state index in [-0.39, 0.29) is 5.75 Å². The summed E-state index contributed by atoms with van der Waals surface area (Å²) in [6.07, 6.45) is 2.43. The molecule has 0 saturated heterocycles. The van der Waals surface area contributed by atoms with Crippen molar-refractivity contribution in [1.82, 2.24) is 0 Å². The van der Waals surface area contributed by atoms with Gasteiger partial charge in [-0.3, -0.25) is 0 Å². The van der Waals surface area contributed by atoms with Gasteiger partial charge in [0.05, 0.1) is 0 Å². The van der Waals surface area contributed by atoms with Gasteiger partial charge < -0.3 is 10.2 Å². The lowest BCUT2D eigenvalue weighted by molar-refractivity contribution is -0.268. The Hall–Kier alpha value is -1.77. The van der Waals surface area contributed by atoms with Crippen LogP contribution in [0.3, 0.4) is 0 Å². The first-order valence-electron chi connectivity index (χ1n) is 3.78. The first kappa shape index (κ1) is 9.32. The number of aryl methyl sites for hydroxylation is 1. The maximum absolute atomic E-state index is 10.9. The Morgan fingerprint density at radius 2 is 2.23 bits per heavy atom. The molecule has 0 spiro atoms. The van der Waals surface area contributed by atoms with E-state index in [4.69, 9.17) is 5.11 Å². The second kappa shape index (κ2) is 3.76. The van der Waals surface area contributed by atoms with Crippen LogP contribution in [0.25, 0.3) is 6.08 Å². The van der Waals surface area contributed by atoms with Gasteiger partial charge in [0, 0.05) is 6.08 Å². The highest BCUT2D eigenvalue weighted by molar-refractivity contribution is 5.85. The largest absolute Gasteiger partial charge is 0.872 e. The second-order valence-corrected chi connectivity index (χ2v) is 2.69. The van der Waals surface area contributed by atoms with Gasteiger partial charge in [-0.1, -0.05) is 18.2 Å². The normalized spacial score (nSPS) is 10.5. The van der Waals surface area contributed by atoms with Crippen molar-refractivity contribution in [3.63, 3.8) is 0 Å². The summed E-state index contributed by atoms with van der Waals surface area (Å²) in [7, 11) is 0. The van der Waals surface area contributed by atoms with E-state index in [2.05, 4.69) is 0 Å². The van der Waals surface area contributed by atoms with Gasteiger partial charge in [0.2, 0.25) is 0 Å². The molecule has 0 amide bonds. The average Bonchev–Trinajstić information content (AvgIpc) is 2.06. The summed E-state index contributed by atoms with van der Waals surface area (Å²) in [6.45, 7) is 1.82. The molecule has 0 radical (unpaired) electrons. The summed E-state index contributed by atoms with van der Waals surface area (Å²) < 4.78 is 0. The van der Waals surface area contributed by atoms with Crippen LogP contribution < -0.4 is 5.11 Å². The Labute approximate surface area is 76.0 Å². The van der Waals surface area contributed by atoms with Gasteiger partial charge in [0.1, 0.15) is 0 Å². The van der Waals surface area contributed by atoms with Gasteiger partial charge in [-0.25, -0.2) is 4.79 Å². The van der Waals surface area contributed by atoms with Crippen molar-refractivity contribution in [3.05, 3.63) is 35.4 Å². The number of carboxylic acid groups (broad SMARTS) is 1. The summed E-state index contributed by atoms with van der Waals surface area (Å²) in [5, 5.41) is 19.3. The predicted molar refractivity (Wildman–Crippen MR) is 47.3 cm³/mol. The highest BCUT2D eigenvalue weighted by Gasteiger charge is 1.93. The van der Waals surface area contributed by atoms with Gasteiger partial charge in [-0.2, -0.15) is 0 Å². The summed E-state index contributed by atoms with van der Waals surface area (Å²) in [6, 6.07) is 4.53. The first-order valence-corrected chi connectivity index (χ1v) is 3.78. The van der Waals surface area contributed by atoms with E-state index in [9.17, 15) is 9.90 Å². The zero-order valence-corrected chi connectivity index (χ0v) is 7.15. The highest BCUT2D eigenvalue weighted by Crippen LogP contribution is 2.14. The van der Waals surface area contributed by atoms with Crippen LogP contribution in [0.4, 0.5) is 0 Å². The molecule has 0 aromatic heterocycles. The molecule has 0 aliphatic rings. The van der Waals surface area contributed by atoms with E-state index >= 15 is 0 Å². The predicted octanol–water partition coefficient (Wildman–Crippen LogP) is 1.17. The minimum absolute atomic E-state index is 0.115. The molecule has 1 rings (SSSR count). The molecular formula is C10H9O3-. The maximum atomic E-state index is 10.9. The molecule has 0 fully saturated rings. The van der Waals surface area contributed by atoms with Crippen molar-refractivity contribution in [3.8, 4) is 5.75 Å². The van der Waals surface area contributed by atoms with Crippen LogP contribution in [0, 0.1) is 6.92 Å². The van der Waals surface area contributed by atoms with E-state index in [0.29, 0.717) is 5.56 Å². The summed E-state index contributed by atoms with van der Waals surface area (Å²) in [5.74, 6) is -1.13. The fraction of sp³-hybridized carbons (Fsp3) is 0.100. The molecule has 1 aromatic carbocycles. The summed E-state index contributed by atoms with van der Waals surface area (Å²) in [5.41, 5.74) is 1.53. The standard InChI is InChI=1S/C10H10O3/c1-7-2-4-9(11)6-8(7)3-5-10(12)13/h2-6,11H,1H3,(H,12,13)/p-1. The molecule has 13 heavy (non-hydrogen) atoms. The molecule has 0 saturated carbocycles. The smallest absolute Gasteiger partial charge is 0.328 e. The lowest BCUT2D eigenvalue weighted by Gasteiger charge is -2.07.